The Morgan fingerprint density at radius 1 is 1.32 bits per heavy atom. The van der Waals surface area contributed by atoms with E-state index < -0.39 is 12.5 Å². The maximum absolute atomic E-state index is 11.1. The predicted molar refractivity (Wildman–Crippen MR) is 77.5 cm³/mol. The van der Waals surface area contributed by atoms with Crippen molar-refractivity contribution >= 4 is 22.4 Å². The number of aryl methyl sites for hydroxylation is 3. The summed E-state index contributed by atoms with van der Waals surface area (Å²) in [6.45, 7) is 5.65. The normalized spacial score (nSPS) is 10.5. The Bertz CT molecular complexity index is 597. The number of aliphatic hydroxyl groups is 1. The van der Waals surface area contributed by atoms with E-state index in [1.54, 1.807) is 0 Å². The summed E-state index contributed by atoms with van der Waals surface area (Å²) in [6.07, 6.45) is 0. The lowest BCUT2D eigenvalue weighted by atomic mass is 9.98. The van der Waals surface area contributed by atoms with E-state index in [-0.39, 0.29) is 0 Å². The zero-order valence-corrected chi connectivity index (χ0v) is 12.0. The topological polar surface area (TPSA) is 62.2 Å². The molecule has 19 heavy (non-hydrogen) atoms. The van der Waals surface area contributed by atoms with Gasteiger partial charge in [0.05, 0.1) is 5.69 Å². The Labute approximate surface area is 116 Å². The molecule has 1 aromatic heterocycles. The molecule has 0 bridgehead atoms. The van der Waals surface area contributed by atoms with Crippen LogP contribution in [0.3, 0.4) is 0 Å². The van der Waals surface area contributed by atoms with Gasteiger partial charge in [-0.1, -0.05) is 17.7 Å². The molecule has 0 atom stereocenters. The first kappa shape index (κ1) is 13.7. The van der Waals surface area contributed by atoms with E-state index in [1.807, 2.05) is 5.38 Å². The summed E-state index contributed by atoms with van der Waals surface area (Å²) in [5, 5.41) is 13.7. The van der Waals surface area contributed by atoms with Crippen LogP contribution < -0.4 is 5.32 Å². The van der Waals surface area contributed by atoms with Crippen molar-refractivity contribution in [3.05, 3.63) is 34.2 Å². The highest BCUT2D eigenvalue weighted by Crippen LogP contribution is 2.30. The number of aromatic nitrogens is 1. The van der Waals surface area contributed by atoms with Crippen LogP contribution >= 0.6 is 11.3 Å². The number of anilines is 1. The summed E-state index contributed by atoms with van der Waals surface area (Å²) in [5.74, 6) is -0.446. The number of rotatable bonds is 3. The SMILES string of the molecule is Cc1cc(C)c(-c2csc(NC(=O)CO)n2)c(C)c1. The number of thiazole rings is 1. The Balaban J connectivity index is 2.36. The summed E-state index contributed by atoms with van der Waals surface area (Å²) < 4.78 is 0. The zero-order valence-electron chi connectivity index (χ0n) is 11.2. The van der Waals surface area contributed by atoms with Crippen molar-refractivity contribution in [2.24, 2.45) is 0 Å². The van der Waals surface area contributed by atoms with Gasteiger partial charge in [-0.2, -0.15) is 0 Å². The lowest BCUT2D eigenvalue weighted by Crippen LogP contribution is -2.15. The Kier molecular flexibility index (Phi) is 3.97. The summed E-state index contributed by atoms with van der Waals surface area (Å²) in [5.41, 5.74) is 5.52. The average molecular weight is 276 g/mol. The van der Waals surface area contributed by atoms with Crippen molar-refractivity contribution in [3.63, 3.8) is 0 Å². The van der Waals surface area contributed by atoms with Crippen LogP contribution in [0.4, 0.5) is 5.13 Å². The average Bonchev–Trinajstić information content (AvgIpc) is 2.75. The van der Waals surface area contributed by atoms with Gasteiger partial charge in [-0.05, 0) is 31.9 Å². The Morgan fingerprint density at radius 2 is 1.95 bits per heavy atom. The highest BCUT2D eigenvalue weighted by atomic mass is 32.1. The first-order valence-electron chi connectivity index (χ1n) is 5.95. The molecule has 5 heteroatoms. The second-order valence-electron chi connectivity index (χ2n) is 4.52. The van der Waals surface area contributed by atoms with Crippen LogP contribution in [-0.4, -0.2) is 22.6 Å². The molecule has 0 fully saturated rings. The minimum Gasteiger partial charge on any atom is -0.387 e. The highest BCUT2D eigenvalue weighted by Gasteiger charge is 2.11. The van der Waals surface area contributed by atoms with Gasteiger partial charge in [0.1, 0.15) is 6.61 Å². The van der Waals surface area contributed by atoms with Crippen molar-refractivity contribution in [2.45, 2.75) is 20.8 Å². The molecule has 0 unspecified atom stereocenters. The third-order valence-electron chi connectivity index (χ3n) is 2.83. The van der Waals surface area contributed by atoms with Crippen LogP contribution in [0, 0.1) is 20.8 Å². The van der Waals surface area contributed by atoms with Gasteiger partial charge < -0.3 is 5.11 Å². The van der Waals surface area contributed by atoms with Gasteiger partial charge in [0.25, 0.3) is 5.91 Å². The van der Waals surface area contributed by atoms with Crippen LogP contribution in [0.5, 0.6) is 0 Å². The molecule has 0 aliphatic heterocycles. The van der Waals surface area contributed by atoms with Crippen LogP contribution in [-0.2, 0) is 4.79 Å². The maximum atomic E-state index is 11.1. The second kappa shape index (κ2) is 5.50. The van der Waals surface area contributed by atoms with Crippen LogP contribution in [0.1, 0.15) is 16.7 Å². The first-order valence-corrected chi connectivity index (χ1v) is 6.83. The van der Waals surface area contributed by atoms with Crippen LogP contribution in [0.2, 0.25) is 0 Å². The Hall–Kier alpha value is -1.72. The summed E-state index contributed by atoms with van der Waals surface area (Å²) in [7, 11) is 0. The lowest BCUT2D eigenvalue weighted by molar-refractivity contribution is -0.118. The molecular formula is C14H16N2O2S. The molecule has 0 aliphatic carbocycles. The molecule has 0 radical (unpaired) electrons. The van der Waals surface area contributed by atoms with Crippen molar-refractivity contribution in [1.29, 1.82) is 0 Å². The van der Waals surface area contributed by atoms with Crippen molar-refractivity contribution < 1.29 is 9.90 Å². The number of nitrogens with zero attached hydrogens (tertiary/aromatic N) is 1. The van der Waals surface area contributed by atoms with Crippen LogP contribution in [0.15, 0.2) is 17.5 Å². The summed E-state index contributed by atoms with van der Waals surface area (Å²) in [6, 6.07) is 4.24. The fourth-order valence-corrected chi connectivity index (χ4v) is 2.91. The van der Waals surface area contributed by atoms with Crippen molar-refractivity contribution in [1.82, 2.24) is 4.98 Å². The number of carbonyl (C=O) groups excluding carboxylic acids is 1. The standard InChI is InChI=1S/C14H16N2O2S/c1-8-4-9(2)13(10(3)5-8)11-7-19-14(15-11)16-12(18)6-17/h4-5,7,17H,6H2,1-3H3,(H,15,16,18). The number of hydrogen-bond acceptors (Lipinski definition) is 4. The third kappa shape index (κ3) is 3.00. The summed E-state index contributed by atoms with van der Waals surface area (Å²) in [4.78, 5) is 15.5. The van der Waals surface area contributed by atoms with Gasteiger partial charge >= 0.3 is 0 Å². The van der Waals surface area contributed by atoms with E-state index in [9.17, 15) is 4.79 Å². The van der Waals surface area contributed by atoms with Crippen LogP contribution in [0.25, 0.3) is 11.3 Å². The molecule has 1 amide bonds. The number of amides is 1. The molecular weight excluding hydrogens is 260 g/mol. The smallest absolute Gasteiger partial charge is 0.251 e. The number of aliphatic hydroxyl groups excluding tert-OH is 1. The van der Waals surface area contributed by atoms with E-state index in [4.69, 9.17) is 5.11 Å². The van der Waals surface area contributed by atoms with E-state index >= 15 is 0 Å². The Morgan fingerprint density at radius 3 is 2.53 bits per heavy atom. The van der Waals surface area contributed by atoms with Crippen molar-refractivity contribution in [2.75, 3.05) is 11.9 Å². The minimum absolute atomic E-state index is 0.446. The molecule has 2 aromatic rings. The molecule has 2 N–H and O–H groups in total. The monoisotopic (exact) mass is 276 g/mol. The predicted octanol–water partition coefficient (Wildman–Crippen LogP) is 2.67. The highest BCUT2D eigenvalue weighted by molar-refractivity contribution is 7.14. The summed E-state index contributed by atoms with van der Waals surface area (Å²) >= 11 is 1.36. The fourth-order valence-electron chi connectivity index (χ4n) is 2.19. The first-order chi connectivity index (χ1) is 9.01. The minimum atomic E-state index is -0.530. The quantitative estimate of drug-likeness (QED) is 0.906. The molecule has 1 heterocycles. The van der Waals surface area contributed by atoms with Gasteiger partial charge in [-0.3, -0.25) is 10.1 Å². The maximum Gasteiger partial charge on any atom is 0.251 e. The molecule has 0 aliphatic rings. The van der Waals surface area contributed by atoms with Gasteiger partial charge in [-0.25, -0.2) is 4.98 Å². The molecule has 0 saturated carbocycles. The van der Waals surface area contributed by atoms with Gasteiger partial charge in [0, 0.05) is 10.9 Å². The molecule has 0 spiro atoms. The van der Waals surface area contributed by atoms with Gasteiger partial charge in [0.2, 0.25) is 0 Å². The van der Waals surface area contributed by atoms with E-state index in [0.29, 0.717) is 5.13 Å². The van der Waals surface area contributed by atoms with Crippen molar-refractivity contribution in [3.8, 4) is 11.3 Å². The lowest BCUT2D eigenvalue weighted by Gasteiger charge is -2.08. The second-order valence-corrected chi connectivity index (χ2v) is 5.38. The van der Waals surface area contributed by atoms with E-state index in [1.165, 1.54) is 28.0 Å². The number of carbonyl (C=O) groups is 1. The van der Waals surface area contributed by atoms with E-state index in [0.717, 1.165) is 11.3 Å². The molecule has 100 valence electrons. The van der Waals surface area contributed by atoms with Gasteiger partial charge in [-0.15, -0.1) is 11.3 Å². The number of benzene rings is 1. The molecule has 0 saturated heterocycles. The fraction of sp³-hybridized carbons (Fsp3) is 0.286. The molecule has 4 nitrogen and oxygen atoms in total. The largest absolute Gasteiger partial charge is 0.387 e. The van der Waals surface area contributed by atoms with E-state index in [2.05, 4.69) is 43.2 Å². The molecule has 2 rings (SSSR count). The number of hydrogen-bond donors (Lipinski definition) is 2. The zero-order chi connectivity index (χ0) is 14.0. The third-order valence-corrected chi connectivity index (χ3v) is 3.59. The van der Waals surface area contributed by atoms with Gasteiger partial charge in [0.15, 0.2) is 5.13 Å². The number of nitrogens with one attached hydrogen (secondary N) is 1. The molecule has 1 aromatic carbocycles.